The Balaban J connectivity index is 2.40. The molecule has 0 heterocycles. The fourth-order valence-electron chi connectivity index (χ4n) is 3.30. The second-order valence-electron chi connectivity index (χ2n) is 8.23. The average molecular weight is 478 g/mol. The molecule has 2 rings (SSSR count). The van der Waals surface area contributed by atoms with Crippen molar-refractivity contribution in [1.29, 1.82) is 0 Å². The van der Waals surface area contributed by atoms with Crippen LogP contribution in [0.3, 0.4) is 0 Å². The molecule has 33 heavy (non-hydrogen) atoms. The van der Waals surface area contributed by atoms with Crippen molar-refractivity contribution in [3.8, 4) is 0 Å². The topological polar surface area (TPSA) is 86.8 Å². The zero-order chi connectivity index (χ0) is 24.8. The summed E-state index contributed by atoms with van der Waals surface area (Å²) in [4.78, 5) is 27.5. The number of benzene rings is 2. The molecule has 1 N–H and O–H groups in total. The highest BCUT2D eigenvalue weighted by Gasteiger charge is 2.31. The maximum Gasteiger partial charge on any atom is 0.244 e. The van der Waals surface area contributed by atoms with Gasteiger partial charge in [0.25, 0.3) is 0 Å². The molecular formula is C24H32FN3O4S. The van der Waals surface area contributed by atoms with Crippen molar-refractivity contribution in [3.63, 3.8) is 0 Å². The zero-order valence-corrected chi connectivity index (χ0v) is 20.5. The fraction of sp³-hybridized carbons (Fsp3) is 0.417. The van der Waals surface area contributed by atoms with E-state index in [9.17, 15) is 22.4 Å². The van der Waals surface area contributed by atoms with Crippen LogP contribution in [0.5, 0.6) is 0 Å². The summed E-state index contributed by atoms with van der Waals surface area (Å²) in [5.41, 5.74) is 1.56. The van der Waals surface area contributed by atoms with Gasteiger partial charge in [-0.1, -0.05) is 48.9 Å². The van der Waals surface area contributed by atoms with Crippen LogP contribution in [-0.4, -0.2) is 50.0 Å². The van der Waals surface area contributed by atoms with Crippen molar-refractivity contribution in [2.24, 2.45) is 0 Å². The number of hydrogen-bond donors (Lipinski definition) is 1. The van der Waals surface area contributed by atoms with E-state index in [1.165, 1.54) is 23.1 Å². The molecule has 2 aromatic carbocycles. The standard InChI is InChI=1S/C24H32FN3O4S/c1-6-18(3)26-24(30)19(4)27(15-20-11-9-10-17(2)14-20)23(29)16-28(33(5,31)32)22-13-8-7-12-21(22)25/h7-14,18-19H,6,15-16H2,1-5H3,(H,26,30)/t18-,19-/m1/s1. The molecule has 0 aliphatic rings. The summed E-state index contributed by atoms with van der Waals surface area (Å²) in [6.45, 7) is 6.78. The molecule has 7 nitrogen and oxygen atoms in total. The molecule has 2 amide bonds. The Hall–Kier alpha value is -2.94. The van der Waals surface area contributed by atoms with E-state index >= 15 is 0 Å². The van der Waals surface area contributed by atoms with Crippen LogP contribution in [0.4, 0.5) is 10.1 Å². The molecule has 0 saturated carbocycles. The summed E-state index contributed by atoms with van der Waals surface area (Å²) in [6.07, 6.45) is 1.64. The first-order valence-corrected chi connectivity index (χ1v) is 12.7. The molecule has 0 aliphatic heterocycles. The summed E-state index contributed by atoms with van der Waals surface area (Å²) >= 11 is 0. The Morgan fingerprint density at radius 1 is 1.09 bits per heavy atom. The van der Waals surface area contributed by atoms with E-state index in [1.807, 2.05) is 45.0 Å². The van der Waals surface area contributed by atoms with Crippen molar-refractivity contribution in [2.45, 2.75) is 52.7 Å². The Morgan fingerprint density at radius 3 is 2.33 bits per heavy atom. The molecule has 0 radical (unpaired) electrons. The van der Waals surface area contributed by atoms with Gasteiger partial charge in [-0.25, -0.2) is 12.8 Å². The third-order valence-electron chi connectivity index (χ3n) is 5.40. The molecule has 9 heteroatoms. The maximum absolute atomic E-state index is 14.4. The minimum atomic E-state index is -3.97. The molecule has 0 saturated heterocycles. The van der Waals surface area contributed by atoms with Crippen molar-refractivity contribution < 1.29 is 22.4 Å². The van der Waals surface area contributed by atoms with Gasteiger partial charge in [-0.2, -0.15) is 0 Å². The number of para-hydroxylation sites is 1. The van der Waals surface area contributed by atoms with Crippen LogP contribution in [-0.2, 0) is 26.2 Å². The smallest absolute Gasteiger partial charge is 0.244 e. The second kappa shape index (κ2) is 11.3. The number of carbonyl (C=O) groups excluding carboxylic acids is 2. The lowest BCUT2D eigenvalue weighted by atomic mass is 10.1. The molecular weight excluding hydrogens is 445 g/mol. The molecule has 0 bridgehead atoms. The third-order valence-corrected chi connectivity index (χ3v) is 6.53. The largest absolute Gasteiger partial charge is 0.352 e. The van der Waals surface area contributed by atoms with Gasteiger partial charge in [0, 0.05) is 12.6 Å². The Morgan fingerprint density at radius 2 is 1.76 bits per heavy atom. The summed E-state index contributed by atoms with van der Waals surface area (Å²) in [5.74, 6) is -1.72. The predicted octanol–water partition coefficient (Wildman–Crippen LogP) is 3.23. The van der Waals surface area contributed by atoms with Gasteiger partial charge in [0.1, 0.15) is 18.4 Å². The number of anilines is 1. The van der Waals surface area contributed by atoms with E-state index < -0.39 is 34.3 Å². The zero-order valence-electron chi connectivity index (χ0n) is 19.7. The summed E-state index contributed by atoms with van der Waals surface area (Å²) in [7, 11) is -3.97. The number of halogens is 1. The first kappa shape index (κ1) is 26.3. The Labute approximate surface area is 195 Å². The lowest BCUT2D eigenvalue weighted by Gasteiger charge is -2.32. The van der Waals surface area contributed by atoms with Gasteiger partial charge in [0.15, 0.2) is 0 Å². The van der Waals surface area contributed by atoms with Crippen molar-refractivity contribution in [1.82, 2.24) is 10.2 Å². The molecule has 0 spiro atoms. The molecule has 180 valence electrons. The van der Waals surface area contributed by atoms with Gasteiger partial charge in [-0.15, -0.1) is 0 Å². The Kier molecular flexibility index (Phi) is 8.99. The van der Waals surface area contributed by atoms with E-state index in [0.717, 1.165) is 34.2 Å². The highest BCUT2D eigenvalue weighted by atomic mass is 32.2. The summed E-state index contributed by atoms with van der Waals surface area (Å²) in [6, 6.07) is 11.9. The highest BCUT2D eigenvalue weighted by Crippen LogP contribution is 2.22. The van der Waals surface area contributed by atoms with Crippen LogP contribution in [0.2, 0.25) is 0 Å². The third kappa shape index (κ3) is 7.28. The van der Waals surface area contributed by atoms with Gasteiger partial charge in [0.2, 0.25) is 21.8 Å². The number of carbonyl (C=O) groups is 2. The van der Waals surface area contributed by atoms with Gasteiger partial charge < -0.3 is 10.2 Å². The van der Waals surface area contributed by atoms with Gasteiger partial charge in [-0.05, 0) is 44.9 Å². The SMILES string of the molecule is CC[C@@H](C)NC(=O)[C@@H](C)N(Cc1cccc(C)c1)C(=O)CN(c1ccccc1F)S(C)(=O)=O. The molecule has 0 unspecified atom stereocenters. The van der Waals surface area contributed by atoms with Crippen LogP contribution in [0.25, 0.3) is 0 Å². The Bertz CT molecular complexity index is 1090. The molecule has 2 atom stereocenters. The van der Waals surface area contributed by atoms with Gasteiger partial charge >= 0.3 is 0 Å². The molecule has 0 aromatic heterocycles. The van der Waals surface area contributed by atoms with E-state index in [2.05, 4.69) is 5.32 Å². The molecule has 0 aliphatic carbocycles. The number of sulfonamides is 1. The normalized spacial score (nSPS) is 13.2. The number of nitrogens with one attached hydrogen (secondary N) is 1. The minimum Gasteiger partial charge on any atom is -0.352 e. The van der Waals surface area contributed by atoms with Crippen LogP contribution in [0.15, 0.2) is 48.5 Å². The van der Waals surface area contributed by atoms with Gasteiger partial charge in [0.05, 0.1) is 11.9 Å². The highest BCUT2D eigenvalue weighted by molar-refractivity contribution is 7.92. The molecule has 2 aromatic rings. The lowest BCUT2D eigenvalue weighted by molar-refractivity contribution is -0.139. The van der Waals surface area contributed by atoms with Crippen molar-refractivity contribution in [2.75, 3.05) is 17.1 Å². The number of aryl methyl sites for hydroxylation is 1. The van der Waals surface area contributed by atoms with E-state index in [4.69, 9.17) is 0 Å². The number of amides is 2. The lowest BCUT2D eigenvalue weighted by Crippen LogP contribution is -2.52. The van der Waals surface area contributed by atoms with Crippen molar-refractivity contribution in [3.05, 3.63) is 65.5 Å². The average Bonchev–Trinajstić information content (AvgIpc) is 2.75. The monoisotopic (exact) mass is 477 g/mol. The number of nitrogens with zero attached hydrogens (tertiary/aromatic N) is 2. The fourth-order valence-corrected chi connectivity index (χ4v) is 4.15. The summed E-state index contributed by atoms with van der Waals surface area (Å²) < 4.78 is 40.0. The first-order valence-electron chi connectivity index (χ1n) is 10.8. The maximum atomic E-state index is 14.4. The number of hydrogen-bond acceptors (Lipinski definition) is 4. The summed E-state index contributed by atoms with van der Waals surface area (Å²) in [5, 5.41) is 2.86. The van der Waals surface area contributed by atoms with E-state index in [1.54, 1.807) is 6.92 Å². The number of rotatable bonds is 10. The van der Waals surface area contributed by atoms with E-state index in [0.29, 0.717) is 0 Å². The van der Waals surface area contributed by atoms with Crippen LogP contribution < -0.4 is 9.62 Å². The van der Waals surface area contributed by atoms with Crippen molar-refractivity contribution >= 4 is 27.5 Å². The van der Waals surface area contributed by atoms with Crippen LogP contribution in [0, 0.1) is 12.7 Å². The second-order valence-corrected chi connectivity index (χ2v) is 10.1. The first-order chi connectivity index (χ1) is 15.4. The molecule has 0 fully saturated rings. The predicted molar refractivity (Wildman–Crippen MR) is 128 cm³/mol. The van der Waals surface area contributed by atoms with E-state index in [-0.39, 0.29) is 24.2 Å². The van der Waals surface area contributed by atoms with Crippen LogP contribution >= 0.6 is 0 Å². The quantitative estimate of drug-likeness (QED) is 0.569. The van der Waals surface area contributed by atoms with Gasteiger partial charge in [-0.3, -0.25) is 13.9 Å². The van der Waals surface area contributed by atoms with Crippen LogP contribution in [0.1, 0.15) is 38.3 Å². The minimum absolute atomic E-state index is 0.0817.